The van der Waals surface area contributed by atoms with Gasteiger partial charge in [-0.1, -0.05) is 18.8 Å². The Morgan fingerprint density at radius 3 is 3.00 bits per heavy atom. The van der Waals surface area contributed by atoms with E-state index in [4.69, 9.17) is 13.1 Å². The van der Waals surface area contributed by atoms with Crippen molar-refractivity contribution < 1.29 is 0 Å². The molecule has 0 bridgehead atoms. The van der Waals surface area contributed by atoms with Crippen LogP contribution < -0.4 is 0 Å². The van der Waals surface area contributed by atoms with Crippen molar-refractivity contribution in [1.29, 1.82) is 5.26 Å². The molecule has 2 atom stereocenters. The lowest BCUT2D eigenvalue weighted by Crippen LogP contribution is -1.90. The van der Waals surface area contributed by atoms with E-state index in [1.165, 1.54) is 0 Å². The molecular formula is C7H8BNS. The zero-order valence-corrected chi connectivity index (χ0v) is 6.69. The predicted octanol–water partition coefficient (Wildman–Crippen LogP) is 1.88. The van der Waals surface area contributed by atoms with Gasteiger partial charge < -0.3 is 0 Å². The van der Waals surface area contributed by atoms with Gasteiger partial charge in [0.15, 0.2) is 0 Å². The molecule has 50 valence electrons. The van der Waals surface area contributed by atoms with Crippen LogP contribution >= 0.6 is 11.8 Å². The number of hydrogen-bond donors (Lipinski definition) is 0. The number of nitriles is 1. The Bertz CT molecular complexity index is 192. The maximum absolute atomic E-state index is 8.52. The summed E-state index contributed by atoms with van der Waals surface area (Å²) in [7, 11) is 5.62. The SMILES string of the molecule is [B]C(C)C1=CCC(C#N)S1. The molecule has 2 radical (unpaired) electrons. The van der Waals surface area contributed by atoms with Crippen molar-refractivity contribution in [3.63, 3.8) is 0 Å². The number of rotatable bonds is 1. The molecule has 0 amide bonds. The summed E-state index contributed by atoms with van der Waals surface area (Å²) in [5.74, 6) is 0.100. The second-order valence-corrected chi connectivity index (χ2v) is 3.64. The molecule has 0 fully saturated rings. The Morgan fingerprint density at radius 2 is 2.70 bits per heavy atom. The monoisotopic (exact) mass is 149 g/mol. The molecule has 1 aliphatic rings. The van der Waals surface area contributed by atoms with Crippen LogP contribution in [0.1, 0.15) is 13.3 Å². The first-order chi connectivity index (χ1) is 4.74. The highest BCUT2D eigenvalue weighted by molar-refractivity contribution is 8.04. The molecule has 3 heteroatoms. The summed E-state index contributed by atoms with van der Waals surface area (Å²) >= 11 is 1.59. The normalized spacial score (nSPS) is 27.2. The van der Waals surface area contributed by atoms with Gasteiger partial charge in [0, 0.05) is 0 Å². The fraction of sp³-hybridized carbons (Fsp3) is 0.571. The van der Waals surface area contributed by atoms with Crippen LogP contribution in [0, 0.1) is 11.3 Å². The molecule has 0 aromatic carbocycles. The number of allylic oxidation sites excluding steroid dienone is 2. The molecule has 0 saturated carbocycles. The van der Waals surface area contributed by atoms with Gasteiger partial charge in [0.1, 0.15) is 0 Å². The maximum atomic E-state index is 8.52. The van der Waals surface area contributed by atoms with E-state index in [0.29, 0.717) is 0 Å². The second-order valence-electron chi connectivity index (χ2n) is 2.37. The summed E-state index contributed by atoms with van der Waals surface area (Å²) in [6, 6.07) is 2.20. The highest BCUT2D eigenvalue weighted by Gasteiger charge is 2.18. The third kappa shape index (κ3) is 1.57. The second kappa shape index (κ2) is 3.16. The molecule has 0 aliphatic carbocycles. The molecule has 0 spiro atoms. The molecule has 0 N–H and O–H groups in total. The first kappa shape index (κ1) is 7.75. The number of hydrogen-bond acceptors (Lipinski definition) is 2. The minimum atomic E-state index is 0.100. The molecule has 1 aliphatic heterocycles. The summed E-state index contributed by atoms with van der Waals surface area (Å²) in [5, 5.41) is 8.63. The van der Waals surface area contributed by atoms with Gasteiger partial charge >= 0.3 is 0 Å². The number of nitrogens with zero attached hydrogens (tertiary/aromatic N) is 1. The molecule has 1 nitrogen and oxygen atoms in total. The smallest absolute Gasteiger partial charge is 0.0994 e. The Labute approximate surface area is 66.9 Å². The minimum absolute atomic E-state index is 0.100. The van der Waals surface area contributed by atoms with Gasteiger partial charge in [0.25, 0.3) is 0 Å². The molecular weight excluding hydrogens is 141 g/mol. The van der Waals surface area contributed by atoms with Crippen LogP contribution in [0.3, 0.4) is 0 Å². The maximum Gasteiger partial charge on any atom is 0.0994 e. The van der Waals surface area contributed by atoms with Crippen LogP contribution in [-0.4, -0.2) is 13.1 Å². The van der Waals surface area contributed by atoms with E-state index in [9.17, 15) is 0 Å². The van der Waals surface area contributed by atoms with Gasteiger partial charge in [-0.15, -0.1) is 11.8 Å². The predicted molar refractivity (Wildman–Crippen MR) is 44.9 cm³/mol. The molecule has 0 aromatic rings. The molecule has 1 rings (SSSR count). The summed E-state index contributed by atoms with van der Waals surface area (Å²) in [4.78, 5) is 1.16. The summed E-state index contributed by atoms with van der Waals surface area (Å²) in [5.41, 5.74) is 0. The van der Waals surface area contributed by atoms with Crippen molar-refractivity contribution in [1.82, 2.24) is 0 Å². The Kier molecular flexibility index (Phi) is 2.45. The quantitative estimate of drug-likeness (QED) is 0.531. The Balaban J connectivity index is 2.49. The van der Waals surface area contributed by atoms with Crippen LogP contribution in [0.25, 0.3) is 0 Å². The van der Waals surface area contributed by atoms with E-state index < -0.39 is 0 Å². The van der Waals surface area contributed by atoms with Crippen molar-refractivity contribution in [2.45, 2.75) is 24.4 Å². The largest absolute Gasteiger partial charge is 0.197 e. The average molecular weight is 149 g/mol. The van der Waals surface area contributed by atoms with E-state index in [1.807, 2.05) is 6.92 Å². The van der Waals surface area contributed by atoms with Gasteiger partial charge in [-0.2, -0.15) is 5.26 Å². The van der Waals surface area contributed by atoms with Crippen LogP contribution in [0.5, 0.6) is 0 Å². The van der Waals surface area contributed by atoms with Gasteiger partial charge in [-0.05, 0) is 11.3 Å². The third-order valence-electron chi connectivity index (χ3n) is 1.40. The average Bonchev–Trinajstić information content (AvgIpc) is 2.34. The van der Waals surface area contributed by atoms with E-state index in [1.54, 1.807) is 11.8 Å². The summed E-state index contributed by atoms with van der Waals surface area (Å²) < 4.78 is 0. The zero-order valence-electron chi connectivity index (χ0n) is 5.87. The highest BCUT2D eigenvalue weighted by Crippen LogP contribution is 2.37. The van der Waals surface area contributed by atoms with Crippen molar-refractivity contribution in [3.8, 4) is 6.07 Å². The van der Waals surface area contributed by atoms with E-state index in [-0.39, 0.29) is 11.1 Å². The van der Waals surface area contributed by atoms with Crippen LogP contribution in [0.15, 0.2) is 11.0 Å². The van der Waals surface area contributed by atoms with Crippen molar-refractivity contribution in [2.24, 2.45) is 0 Å². The fourth-order valence-electron chi connectivity index (χ4n) is 0.856. The Morgan fingerprint density at radius 1 is 2.00 bits per heavy atom. The first-order valence-electron chi connectivity index (χ1n) is 3.26. The lowest BCUT2D eigenvalue weighted by atomic mass is 9.89. The minimum Gasteiger partial charge on any atom is -0.197 e. The van der Waals surface area contributed by atoms with E-state index >= 15 is 0 Å². The summed E-state index contributed by atoms with van der Waals surface area (Å²) in [6.07, 6.45) is 2.92. The molecule has 1 heterocycles. The first-order valence-corrected chi connectivity index (χ1v) is 4.14. The standard InChI is InChI=1S/C7H8BNS/c1-5(8)7-3-2-6(4-9)10-7/h3,5-6H,2H2,1H3. The summed E-state index contributed by atoms with van der Waals surface area (Å²) in [6.45, 7) is 1.94. The zero-order chi connectivity index (χ0) is 7.56. The van der Waals surface area contributed by atoms with Gasteiger partial charge in [0.2, 0.25) is 0 Å². The van der Waals surface area contributed by atoms with Crippen LogP contribution in [-0.2, 0) is 0 Å². The molecule has 0 saturated heterocycles. The van der Waals surface area contributed by atoms with E-state index in [2.05, 4.69) is 12.1 Å². The molecule has 2 unspecified atom stereocenters. The van der Waals surface area contributed by atoms with Crippen molar-refractivity contribution in [2.75, 3.05) is 0 Å². The van der Waals surface area contributed by atoms with Crippen molar-refractivity contribution >= 4 is 19.6 Å². The Hall–Kier alpha value is -0.355. The van der Waals surface area contributed by atoms with E-state index in [0.717, 1.165) is 11.3 Å². The highest BCUT2D eigenvalue weighted by atomic mass is 32.2. The van der Waals surface area contributed by atoms with Crippen LogP contribution in [0.4, 0.5) is 0 Å². The topological polar surface area (TPSA) is 23.8 Å². The fourth-order valence-corrected chi connectivity index (χ4v) is 1.84. The van der Waals surface area contributed by atoms with Gasteiger partial charge in [-0.25, -0.2) is 0 Å². The number of thioether (sulfide) groups is 1. The molecule has 0 aromatic heterocycles. The third-order valence-corrected chi connectivity index (χ3v) is 2.80. The lowest BCUT2D eigenvalue weighted by Gasteiger charge is -2.04. The van der Waals surface area contributed by atoms with Crippen LogP contribution in [0.2, 0.25) is 5.82 Å². The molecule has 10 heavy (non-hydrogen) atoms. The lowest BCUT2D eigenvalue weighted by molar-refractivity contribution is 1.09. The van der Waals surface area contributed by atoms with Gasteiger partial charge in [0.05, 0.1) is 19.2 Å². The van der Waals surface area contributed by atoms with Gasteiger partial charge in [-0.3, -0.25) is 0 Å². The van der Waals surface area contributed by atoms with Crippen molar-refractivity contribution in [3.05, 3.63) is 11.0 Å².